The van der Waals surface area contributed by atoms with Crippen molar-refractivity contribution in [1.82, 2.24) is 4.98 Å². The van der Waals surface area contributed by atoms with Crippen LogP contribution in [0.5, 0.6) is 0 Å². The Morgan fingerprint density at radius 3 is 3.07 bits per heavy atom. The molecule has 1 heterocycles. The predicted octanol–water partition coefficient (Wildman–Crippen LogP) is 0.827. The number of esters is 1. The summed E-state index contributed by atoms with van der Waals surface area (Å²) in [4.78, 5) is 26.0. The predicted molar refractivity (Wildman–Crippen MR) is 49.9 cm³/mol. The van der Waals surface area contributed by atoms with Gasteiger partial charge >= 0.3 is 5.97 Å². The van der Waals surface area contributed by atoms with Gasteiger partial charge in [0.1, 0.15) is 5.69 Å². The number of nitrogens with one attached hydrogen (secondary N) is 1. The average Bonchev–Trinajstić information content (AvgIpc) is 2.27. The van der Waals surface area contributed by atoms with Gasteiger partial charge in [0, 0.05) is 22.8 Å². The van der Waals surface area contributed by atoms with Crippen LogP contribution in [-0.4, -0.2) is 24.0 Å². The number of carbonyl (C=O) groups is 2. The topological polar surface area (TPSA) is 68.3 Å². The van der Waals surface area contributed by atoms with E-state index in [0.717, 1.165) is 0 Å². The fourth-order valence-corrected chi connectivity index (χ4v) is 0.856. The lowest BCUT2D eigenvalue weighted by Crippen LogP contribution is -2.09. The standard InChI is InChI=1S/C9H10N2O3/c1-6(12)11-7-3-4-10-8(5-7)9(13)14-2/h3-5H,1-2H3,(H,10,11,12)/i1D3. The van der Waals surface area contributed by atoms with Crippen molar-refractivity contribution in [3.63, 3.8) is 0 Å². The zero-order valence-electron chi connectivity index (χ0n) is 10.4. The molecule has 0 unspecified atom stereocenters. The molecule has 0 spiro atoms. The normalized spacial score (nSPS) is 13.4. The van der Waals surface area contributed by atoms with Crippen molar-refractivity contribution in [1.29, 1.82) is 0 Å². The van der Waals surface area contributed by atoms with E-state index in [0.29, 0.717) is 0 Å². The number of hydrogen-bond donors (Lipinski definition) is 1. The van der Waals surface area contributed by atoms with Crippen molar-refractivity contribution in [2.45, 2.75) is 6.85 Å². The fourth-order valence-electron chi connectivity index (χ4n) is 0.856. The maximum absolute atomic E-state index is 11.2. The zero-order valence-corrected chi connectivity index (χ0v) is 7.40. The van der Waals surface area contributed by atoms with Gasteiger partial charge in [0.05, 0.1) is 7.11 Å². The number of ether oxygens (including phenoxy) is 1. The van der Waals surface area contributed by atoms with Gasteiger partial charge in [-0.25, -0.2) is 9.78 Å². The Bertz CT molecular complexity index is 445. The van der Waals surface area contributed by atoms with Crippen LogP contribution < -0.4 is 5.32 Å². The number of methoxy groups -OCH3 is 1. The van der Waals surface area contributed by atoms with Gasteiger partial charge in [-0.3, -0.25) is 4.79 Å². The van der Waals surface area contributed by atoms with Gasteiger partial charge in [-0.1, -0.05) is 0 Å². The van der Waals surface area contributed by atoms with Crippen LogP contribution in [0.4, 0.5) is 5.69 Å². The molecule has 14 heavy (non-hydrogen) atoms. The minimum atomic E-state index is -2.74. The van der Waals surface area contributed by atoms with Crippen molar-refractivity contribution >= 4 is 17.6 Å². The van der Waals surface area contributed by atoms with Crippen molar-refractivity contribution in [2.75, 3.05) is 12.4 Å². The minimum Gasteiger partial charge on any atom is -0.464 e. The van der Waals surface area contributed by atoms with E-state index in [1.54, 1.807) is 0 Å². The minimum absolute atomic E-state index is 0.0177. The maximum Gasteiger partial charge on any atom is 0.356 e. The molecule has 74 valence electrons. The molecule has 0 aromatic carbocycles. The van der Waals surface area contributed by atoms with E-state index in [2.05, 4.69) is 15.0 Å². The van der Waals surface area contributed by atoms with E-state index in [1.807, 2.05) is 0 Å². The molecule has 0 radical (unpaired) electrons. The van der Waals surface area contributed by atoms with Crippen LogP contribution in [0.1, 0.15) is 21.5 Å². The van der Waals surface area contributed by atoms with Gasteiger partial charge < -0.3 is 10.1 Å². The molecule has 5 nitrogen and oxygen atoms in total. The third-order valence-corrected chi connectivity index (χ3v) is 1.41. The van der Waals surface area contributed by atoms with Gasteiger partial charge in [-0.2, -0.15) is 0 Å². The summed E-state index contributed by atoms with van der Waals surface area (Å²) in [6.45, 7) is -2.74. The van der Waals surface area contributed by atoms with Crippen LogP contribution in [0.2, 0.25) is 0 Å². The van der Waals surface area contributed by atoms with Gasteiger partial charge in [-0.05, 0) is 12.1 Å². The highest BCUT2D eigenvalue weighted by Gasteiger charge is 2.07. The van der Waals surface area contributed by atoms with Gasteiger partial charge in [0.25, 0.3) is 0 Å². The first kappa shape index (κ1) is 6.53. The summed E-state index contributed by atoms with van der Waals surface area (Å²) < 4.78 is 25.1. The van der Waals surface area contributed by atoms with Crippen LogP contribution in [0.25, 0.3) is 0 Å². The highest BCUT2D eigenvalue weighted by atomic mass is 16.5. The van der Waals surface area contributed by atoms with Crippen molar-refractivity contribution in [2.24, 2.45) is 0 Å². The highest BCUT2D eigenvalue weighted by molar-refractivity contribution is 5.92. The number of aromatic nitrogens is 1. The molecule has 0 aliphatic rings. The smallest absolute Gasteiger partial charge is 0.356 e. The summed E-state index contributed by atoms with van der Waals surface area (Å²) in [5.41, 5.74) is 0.150. The lowest BCUT2D eigenvalue weighted by Gasteiger charge is -2.02. The first-order valence-corrected chi connectivity index (χ1v) is 3.70. The van der Waals surface area contributed by atoms with Crippen LogP contribution in [-0.2, 0) is 9.53 Å². The molecule has 1 rings (SSSR count). The zero-order chi connectivity index (χ0) is 13.1. The lowest BCUT2D eigenvalue weighted by atomic mass is 10.3. The third-order valence-electron chi connectivity index (χ3n) is 1.41. The van der Waals surface area contributed by atoms with Gasteiger partial charge in [0.15, 0.2) is 0 Å². The number of anilines is 1. The van der Waals surface area contributed by atoms with E-state index in [4.69, 9.17) is 4.11 Å². The summed E-state index contributed by atoms with van der Waals surface area (Å²) in [5, 5.41) is 2.15. The van der Waals surface area contributed by atoms with E-state index in [1.165, 1.54) is 25.4 Å². The average molecular weight is 197 g/mol. The number of amides is 1. The number of rotatable bonds is 2. The molecular formula is C9H10N2O3. The molecule has 0 aliphatic carbocycles. The second-order valence-electron chi connectivity index (χ2n) is 2.38. The van der Waals surface area contributed by atoms with Crippen LogP contribution in [0.15, 0.2) is 18.3 Å². The van der Waals surface area contributed by atoms with Crippen LogP contribution >= 0.6 is 0 Å². The third kappa shape index (κ3) is 2.55. The van der Waals surface area contributed by atoms with Crippen LogP contribution in [0, 0.1) is 0 Å². The van der Waals surface area contributed by atoms with E-state index < -0.39 is 18.7 Å². The number of hydrogen-bond acceptors (Lipinski definition) is 4. The first-order valence-electron chi connectivity index (χ1n) is 5.20. The molecular weight excluding hydrogens is 184 g/mol. The molecule has 0 atom stereocenters. The summed E-state index contributed by atoms with van der Waals surface area (Å²) in [6, 6.07) is 2.60. The Labute approximate surface area is 85.3 Å². The van der Waals surface area contributed by atoms with E-state index in [9.17, 15) is 9.59 Å². The molecule has 0 saturated heterocycles. The molecule has 5 heteroatoms. The molecule has 1 N–H and O–H groups in total. The second-order valence-corrected chi connectivity index (χ2v) is 2.38. The summed E-state index contributed by atoms with van der Waals surface area (Å²) in [7, 11) is 1.19. The van der Waals surface area contributed by atoms with E-state index >= 15 is 0 Å². The maximum atomic E-state index is 11.2. The molecule has 0 saturated carbocycles. The largest absolute Gasteiger partial charge is 0.464 e. The SMILES string of the molecule is [2H]C([2H])([2H])C(=O)Nc1ccnc(C(=O)OC)c1. The Kier molecular flexibility index (Phi) is 2.03. The summed E-state index contributed by atoms with van der Waals surface area (Å²) in [6.07, 6.45) is 1.27. The molecule has 1 aromatic heterocycles. The molecule has 0 bridgehead atoms. The summed E-state index contributed by atoms with van der Waals surface area (Å²) >= 11 is 0. The number of nitrogens with zero attached hydrogens (tertiary/aromatic N) is 1. The Hall–Kier alpha value is -1.91. The van der Waals surface area contributed by atoms with E-state index in [-0.39, 0.29) is 11.4 Å². The molecule has 1 aromatic rings. The number of pyridine rings is 1. The fraction of sp³-hybridized carbons (Fsp3) is 0.222. The van der Waals surface area contributed by atoms with Crippen molar-refractivity contribution < 1.29 is 18.4 Å². The molecule has 0 fully saturated rings. The molecule has 0 aliphatic heterocycles. The Balaban J connectivity index is 2.87. The van der Waals surface area contributed by atoms with Crippen LogP contribution in [0.3, 0.4) is 0 Å². The summed E-state index contributed by atoms with van der Waals surface area (Å²) in [5.74, 6) is -1.80. The van der Waals surface area contributed by atoms with Crippen molar-refractivity contribution in [3.8, 4) is 0 Å². The second kappa shape index (κ2) is 4.36. The quantitative estimate of drug-likeness (QED) is 0.713. The number of carbonyl (C=O) groups excluding carboxylic acids is 2. The monoisotopic (exact) mass is 197 g/mol. The first-order chi connectivity index (χ1) is 7.84. The Morgan fingerprint density at radius 2 is 2.43 bits per heavy atom. The van der Waals surface area contributed by atoms with Crippen molar-refractivity contribution in [3.05, 3.63) is 24.0 Å². The van der Waals surface area contributed by atoms with Gasteiger partial charge in [0.2, 0.25) is 5.91 Å². The lowest BCUT2D eigenvalue weighted by molar-refractivity contribution is -0.114. The highest BCUT2D eigenvalue weighted by Crippen LogP contribution is 2.08. The Morgan fingerprint density at radius 1 is 1.64 bits per heavy atom. The van der Waals surface area contributed by atoms with Gasteiger partial charge in [-0.15, -0.1) is 0 Å². The molecule has 1 amide bonds.